The normalized spacial score (nSPS) is 13.4. The van der Waals surface area contributed by atoms with Crippen molar-refractivity contribution in [1.29, 1.82) is 5.41 Å². The molecule has 2 unspecified atom stereocenters. The first-order valence-electron chi connectivity index (χ1n) is 23.8. The summed E-state index contributed by atoms with van der Waals surface area (Å²) in [5, 5.41) is 14.2. The van der Waals surface area contributed by atoms with E-state index in [2.05, 4.69) is 46.5 Å². The number of hydrogen-bond acceptors (Lipinski definition) is 15. The molecule has 0 bridgehead atoms. The van der Waals surface area contributed by atoms with Crippen LogP contribution in [0.3, 0.4) is 0 Å². The number of amides is 2. The van der Waals surface area contributed by atoms with Crippen LogP contribution in [-0.2, 0) is 67.5 Å². The van der Waals surface area contributed by atoms with Gasteiger partial charge in [-0.2, -0.15) is 0 Å². The maximum atomic E-state index is 12.5. The quantitative estimate of drug-likeness (QED) is 0.0164. The summed E-state index contributed by atoms with van der Waals surface area (Å²) in [5.74, 6) is 1.99. The number of benzene rings is 2. The number of aldehydes is 2. The molecule has 0 aliphatic heterocycles. The minimum absolute atomic E-state index is 0.0442. The fourth-order valence-electron chi connectivity index (χ4n) is 7.52. The number of nitrogens with zero attached hydrogens (tertiary/aromatic N) is 6. The topological polar surface area (TPSA) is 219 Å². The van der Waals surface area contributed by atoms with Gasteiger partial charge in [0.05, 0.1) is 36.4 Å². The molecule has 4 aromatic rings. The number of thioether (sulfide) groups is 1. The number of nitrogens with two attached hydrogens (primary N) is 1. The Morgan fingerprint density at radius 3 is 1.59 bits per heavy atom. The summed E-state index contributed by atoms with van der Waals surface area (Å²) < 4.78 is 11.1. The molecule has 2 amide bonds. The van der Waals surface area contributed by atoms with Gasteiger partial charge in [0, 0.05) is 60.9 Å². The van der Waals surface area contributed by atoms with Gasteiger partial charge in [0.25, 0.3) is 0 Å². The van der Waals surface area contributed by atoms with Gasteiger partial charge in [-0.3, -0.25) is 15.0 Å². The molecule has 2 aromatic carbocycles. The van der Waals surface area contributed by atoms with Crippen LogP contribution in [-0.4, -0.2) is 116 Å². The zero-order valence-corrected chi connectivity index (χ0v) is 45.6. The highest BCUT2D eigenvalue weighted by Crippen LogP contribution is 2.31. The first-order valence-corrected chi connectivity index (χ1v) is 26.0. The Labute approximate surface area is 437 Å². The highest BCUT2D eigenvalue weighted by Gasteiger charge is 2.27. The van der Waals surface area contributed by atoms with Crippen molar-refractivity contribution in [2.75, 3.05) is 50.2 Å². The lowest BCUT2D eigenvalue weighted by Crippen LogP contribution is -2.45. The van der Waals surface area contributed by atoms with E-state index < -0.39 is 5.25 Å². The van der Waals surface area contributed by atoms with E-state index in [1.807, 2.05) is 126 Å². The molecule has 0 fully saturated rings. The average molecular weight is 1080 g/mol. The number of thiocarbonyl (C=S) groups is 1. The Morgan fingerprint density at radius 2 is 1.17 bits per heavy atom. The monoisotopic (exact) mass is 1070 g/mol. The molecule has 2 aliphatic rings. The predicted molar refractivity (Wildman–Crippen MR) is 291 cm³/mol. The number of carbonyl (C=O) groups excluding carboxylic acids is 4. The molecule has 2 atom stereocenters. The number of likely N-dealkylation sites (N-methyl/N-ethyl adjacent to an activating group) is 2. The Balaban J connectivity index is 0.000000258. The summed E-state index contributed by atoms with van der Waals surface area (Å²) in [6, 6.07) is 19.9. The van der Waals surface area contributed by atoms with Gasteiger partial charge < -0.3 is 45.2 Å². The van der Waals surface area contributed by atoms with Crippen molar-refractivity contribution in [2.24, 2.45) is 5.73 Å². The summed E-state index contributed by atoms with van der Waals surface area (Å²) in [7, 11) is 3.69. The van der Waals surface area contributed by atoms with Crippen LogP contribution in [0.4, 0.5) is 11.6 Å². The first kappa shape index (κ1) is 58.4. The highest BCUT2D eigenvalue weighted by molar-refractivity contribution is 9.09. The van der Waals surface area contributed by atoms with E-state index in [-0.39, 0.29) is 50.8 Å². The lowest BCUT2D eigenvalue weighted by atomic mass is 10.1. The summed E-state index contributed by atoms with van der Waals surface area (Å²) in [4.78, 5) is 68.5. The number of hydrogen-bond donors (Lipinski definition) is 4. The Hall–Kier alpha value is -5.21. The molecule has 384 valence electrons. The minimum Gasteiger partial charge on any atom is -0.387 e. The van der Waals surface area contributed by atoms with Crippen LogP contribution >= 0.6 is 39.9 Å². The van der Waals surface area contributed by atoms with Gasteiger partial charge in [-0.25, -0.2) is 19.9 Å². The minimum atomic E-state index is -0.422. The number of aryl methyl sites for hydroxylation is 2. The molecule has 6 rings (SSSR count). The maximum Gasteiger partial charge on any atom is 0.239 e. The lowest BCUT2D eigenvalue weighted by Gasteiger charge is -2.25. The Morgan fingerprint density at radius 1 is 0.732 bits per heavy atom. The van der Waals surface area contributed by atoms with Crippen molar-refractivity contribution in [1.82, 2.24) is 30.6 Å². The van der Waals surface area contributed by atoms with E-state index in [0.717, 1.165) is 109 Å². The van der Waals surface area contributed by atoms with Crippen molar-refractivity contribution >= 4 is 86.0 Å². The largest absolute Gasteiger partial charge is 0.387 e. The number of halogens is 1. The maximum absolute atomic E-state index is 12.5. The number of anilines is 2. The zero-order chi connectivity index (χ0) is 52.1. The standard InChI is InChI=1S/C26H35N5O3S.C15H23N5OS.C11H13BrO2/c1-26(2,3)30-22(33)15-31(4)25-20-11-8-12-21(20)28-24(29-25)23(27)35-19(16-32)13-14-34-17-18-9-6-5-7-10-18;1-15(2,3)19-11(21)8-20(4)14-9-6-5-7-10(9)17-13(18-14)12(16)22;12-11(8-13)6-7-14-9-10-4-2-1-3-5-10/h5-7,9-10,16,19,27H,8,11-15,17H2,1-4H3,(H,30,33);5-8H2,1-4H3,(H2,16,22)(H,19,21);1-5,8,11H,6-7,9H2. The third-order valence-electron chi connectivity index (χ3n) is 10.6. The third kappa shape index (κ3) is 20.8. The van der Waals surface area contributed by atoms with Gasteiger partial charge in [0.2, 0.25) is 11.8 Å². The van der Waals surface area contributed by atoms with Crippen LogP contribution in [0.2, 0.25) is 0 Å². The summed E-state index contributed by atoms with van der Waals surface area (Å²) >= 11 is 9.35. The predicted octanol–water partition coefficient (Wildman–Crippen LogP) is 7.06. The van der Waals surface area contributed by atoms with Crippen LogP contribution in [0.25, 0.3) is 0 Å². The number of rotatable bonds is 21. The van der Waals surface area contributed by atoms with Crippen LogP contribution < -0.4 is 26.2 Å². The van der Waals surface area contributed by atoms with Crippen LogP contribution in [0, 0.1) is 5.41 Å². The van der Waals surface area contributed by atoms with Gasteiger partial charge >= 0.3 is 0 Å². The third-order valence-corrected chi connectivity index (χ3v) is 12.6. The fourth-order valence-corrected chi connectivity index (χ4v) is 8.56. The molecule has 71 heavy (non-hydrogen) atoms. The van der Waals surface area contributed by atoms with Gasteiger partial charge in [0.1, 0.15) is 34.2 Å². The molecule has 0 radical (unpaired) electrons. The van der Waals surface area contributed by atoms with E-state index in [9.17, 15) is 19.2 Å². The molecule has 0 saturated carbocycles. The molecular formula is C52H71BrN10O6S2. The zero-order valence-electron chi connectivity index (χ0n) is 42.4. The van der Waals surface area contributed by atoms with Crippen molar-refractivity contribution in [3.05, 3.63) is 106 Å². The number of aromatic nitrogens is 4. The lowest BCUT2D eigenvalue weighted by molar-refractivity contribution is -0.122. The van der Waals surface area contributed by atoms with Gasteiger partial charge in [0.15, 0.2) is 11.6 Å². The van der Waals surface area contributed by atoms with Crippen molar-refractivity contribution in [2.45, 2.75) is 127 Å². The SMILES string of the molecule is CN(CC(=O)NC(C)(C)C)c1nc(C(=N)SC(C=O)CCOCc2ccccc2)nc2c1CCC2.CN(CC(=O)NC(C)(C)C)c1nc(C(N)=S)nc2c1CCC2.O=CC(Br)CCOCc1ccccc1. The molecule has 0 saturated heterocycles. The molecular weight excluding hydrogens is 1000 g/mol. The van der Waals surface area contributed by atoms with Crippen molar-refractivity contribution in [3.63, 3.8) is 0 Å². The summed E-state index contributed by atoms with van der Waals surface area (Å²) in [5.41, 5.74) is 11.4. The smallest absolute Gasteiger partial charge is 0.239 e. The van der Waals surface area contributed by atoms with E-state index in [1.165, 1.54) is 0 Å². The summed E-state index contributed by atoms with van der Waals surface area (Å²) in [6.07, 6.45) is 8.46. The van der Waals surface area contributed by atoms with Crippen LogP contribution in [0.5, 0.6) is 0 Å². The van der Waals surface area contributed by atoms with Gasteiger partial charge in [-0.1, -0.05) is 101 Å². The van der Waals surface area contributed by atoms with Crippen molar-refractivity contribution in [3.8, 4) is 0 Å². The van der Waals surface area contributed by atoms with E-state index in [1.54, 1.807) is 0 Å². The van der Waals surface area contributed by atoms with E-state index in [4.69, 9.17) is 32.8 Å². The molecule has 16 nitrogen and oxygen atoms in total. The van der Waals surface area contributed by atoms with Crippen LogP contribution in [0.15, 0.2) is 60.7 Å². The molecule has 19 heteroatoms. The van der Waals surface area contributed by atoms with E-state index >= 15 is 0 Å². The first-order chi connectivity index (χ1) is 33.7. The summed E-state index contributed by atoms with van der Waals surface area (Å²) in [6.45, 7) is 14.2. The second-order valence-electron chi connectivity index (χ2n) is 19.4. The van der Waals surface area contributed by atoms with Gasteiger partial charge in [-0.15, -0.1) is 0 Å². The number of fused-ring (bicyclic) bond motifs is 2. The van der Waals surface area contributed by atoms with Gasteiger partial charge in [-0.05, 0) is 104 Å². The highest BCUT2D eigenvalue weighted by atomic mass is 79.9. The molecule has 2 aliphatic carbocycles. The second-order valence-corrected chi connectivity index (χ2v) is 22.3. The molecule has 2 aromatic heterocycles. The second kappa shape index (κ2) is 28.7. The van der Waals surface area contributed by atoms with E-state index in [0.29, 0.717) is 50.3 Å². The average Bonchev–Trinajstić information content (AvgIpc) is 4.01. The Kier molecular flexibility index (Phi) is 23.6. The number of carbonyl (C=O) groups is 4. The fraction of sp³-hybridized carbons (Fsp3) is 0.500. The number of ether oxygens (including phenoxy) is 2. The van der Waals surface area contributed by atoms with Crippen molar-refractivity contribution < 1.29 is 28.7 Å². The molecule has 5 N–H and O–H groups in total. The molecule has 2 heterocycles. The number of alkyl halides is 1. The van der Waals surface area contributed by atoms with Crippen LogP contribution in [0.1, 0.15) is 113 Å². The number of nitrogens with one attached hydrogen (secondary N) is 3. The Bertz CT molecular complexity index is 2400. The molecule has 0 spiro atoms.